The Balaban J connectivity index is 1.76. The Hall–Kier alpha value is -4.10. The molecule has 0 spiro atoms. The number of hydrogen-bond donors (Lipinski definition) is 2. The molecule has 162 valence electrons. The summed E-state index contributed by atoms with van der Waals surface area (Å²) in [7, 11) is 0. The number of carbonyl (C=O) groups excluding carboxylic acids is 1. The molecule has 1 heterocycles. The monoisotopic (exact) mass is 430 g/mol. The molecule has 2 aromatic rings. The van der Waals surface area contributed by atoms with Crippen LogP contribution in [0.15, 0.2) is 53.9 Å². The first-order chi connectivity index (χ1) is 15.4. The third kappa shape index (κ3) is 5.74. The number of halogens is 1. The van der Waals surface area contributed by atoms with Crippen molar-refractivity contribution >= 4 is 23.2 Å². The van der Waals surface area contributed by atoms with Crippen molar-refractivity contribution in [1.82, 2.24) is 9.97 Å². The summed E-state index contributed by atoms with van der Waals surface area (Å²) in [4.78, 5) is 20.5. The Morgan fingerprint density at radius 2 is 2.22 bits per heavy atom. The molecule has 3 rings (SSSR count). The maximum atomic E-state index is 14.4. The number of aromatic nitrogens is 2. The van der Waals surface area contributed by atoms with Crippen molar-refractivity contribution < 1.29 is 13.9 Å². The molecule has 0 saturated heterocycles. The van der Waals surface area contributed by atoms with Gasteiger partial charge in [-0.1, -0.05) is 42.4 Å². The third-order valence-corrected chi connectivity index (χ3v) is 4.58. The zero-order chi connectivity index (χ0) is 23.1. The van der Waals surface area contributed by atoms with Gasteiger partial charge in [-0.15, -0.1) is 6.42 Å². The normalized spacial score (nSPS) is 16.5. The lowest BCUT2D eigenvalue weighted by molar-refractivity contribution is 0.104. The summed E-state index contributed by atoms with van der Waals surface area (Å²) in [6, 6.07) is 6.45. The van der Waals surface area contributed by atoms with Gasteiger partial charge < -0.3 is 15.4 Å². The van der Waals surface area contributed by atoms with E-state index >= 15 is 0 Å². The topological polar surface area (TPSA) is 76.1 Å². The van der Waals surface area contributed by atoms with Crippen molar-refractivity contribution in [1.29, 1.82) is 0 Å². The largest absolute Gasteiger partial charge is 0.484 e. The Labute approximate surface area is 187 Å². The number of terminal acetylenes is 1. The Kier molecular flexibility index (Phi) is 7.25. The van der Waals surface area contributed by atoms with Crippen molar-refractivity contribution in [3.63, 3.8) is 0 Å². The van der Waals surface area contributed by atoms with Crippen molar-refractivity contribution in [3.8, 4) is 24.2 Å². The first-order valence-electron chi connectivity index (χ1n) is 10.00. The lowest BCUT2D eigenvalue weighted by atomic mass is 9.97. The summed E-state index contributed by atoms with van der Waals surface area (Å²) >= 11 is 0. The molecule has 2 N–H and O–H groups in total. The van der Waals surface area contributed by atoms with Gasteiger partial charge in [-0.25, -0.2) is 9.37 Å². The van der Waals surface area contributed by atoms with Gasteiger partial charge in [0.15, 0.2) is 17.4 Å². The van der Waals surface area contributed by atoms with Crippen LogP contribution in [0.1, 0.15) is 31.1 Å². The van der Waals surface area contributed by atoms with Crippen LogP contribution in [0.3, 0.4) is 0 Å². The van der Waals surface area contributed by atoms with Gasteiger partial charge in [0.25, 0.3) is 0 Å². The smallest absolute Gasteiger partial charge is 0.225 e. The standard InChI is InChI=1S/C25H23FN4O2/c1-5-12-32-23-11-7-10-21(17(23)4)29-25-27-15-20(26)24(30-25)28-19-9-6-8-18(14-19)22(31)13-16(2)3/h1,6,8-9,11,13-15,17,21H,12H2,2-4H3,(H2,27,28,29,30)/t17?,21-/m0/s1. The molecule has 1 aliphatic rings. The summed E-state index contributed by atoms with van der Waals surface area (Å²) in [5.74, 6) is 8.34. The van der Waals surface area contributed by atoms with E-state index in [-0.39, 0.29) is 36.1 Å². The molecule has 0 radical (unpaired) electrons. The van der Waals surface area contributed by atoms with E-state index in [9.17, 15) is 9.18 Å². The number of hydrogen-bond acceptors (Lipinski definition) is 6. The van der Waals surface area contributed by atoms with Crippen molar-refractivity contribution in [3.05, 3.63) is 65.3 Å². The molecular weight excluding hydrogens is 407 g/mol. The molecule has 1 aromatic heterocycles. The lowest BCUT2D eigenvalue weighted by Gasteiger charge is -2.24. The van der Waals surface area contributed by atoms with E-state index in [4.69, 9.17) is 11.2 Å². The predicted octanol–water partition coefficient (Wildman–Crippen LogP) is 4.48. The summed E-state index contributed by atoms with van der Waals surface area (Å²) in [5.41, 5.74) is 1.91. The molecule has 0 bridgehead atoms. The summed E-state index contributed by atoms with van der Waals surface area (Å²) in [5, 5.41) is 6.02. The van der Waals surface area contributed by atoms with E-state index in [0.29, 0.717) is 17.0 Å². The Morgan fingerprint density at radius 1 is 1.41 bits per heavy atom. The molecule has 0 aliphatic heterocycles. The van der Waals surface area contributed by atoms with Gasteiger partial charge in [0.2, 0.25) is 5.95 Å². The molecular formula is C25H23FN4O2. The first-order valence-corrected chi connectivity index (χ1v) is 10.00. The fraction of sp³-hybridized carbons (Fsp3) is 0.240. The number of ketones is 1. The highest BCUT2D eigenvalue weighted by Crippen LogP contribution is 2.23. The van der Waals surface area contributed by atoms with Crippen molar-refractivity contribution in [2.75, 3.05) is 17.2 Å². The summed E-state index contributed by atoms with van der Waals surface area (Å²) in [6.45, 7) is 5.79. The molecule has 0 fully saturated rings. The number of nitrogens with one attached hydrogen (secondary N) is 2. The van der Waals surface area contributed by atoms with E-state index in [1.54, 1.807) is 36.4 Å². The van der Waals surface area contributed by atoms with Gasteiger partial charge >= 0.3 is 0 Å². The van der Waals surface area contributed by atoms with E-state index in [1.807, 2.05) is 20.8 Å². The van der Waals surface area contributed by atoms with Gasteiger partial charge in [-0.3, -0.25) is 4.79 Å². The second-order valence-corrected chi connectivity index (χ2v) is 7.42. The zero-order valence-corrected chi connectivity index (χ0v) is 18.1. The fourth-order valence-electron chi connectivity index (χ4n) is 2.98. The SMILES string of the molecule is C#CCOC1=CC#C[C@H](Nc2ncc(F)c(Nc3cccc(C(=O)C=C(C)C)c3)n2)C1C. The number of ether oxygens (including phenoxy) is 1. The maximum absolute atomic E-state index is 14.4. The van der Waals surface area contributed by atoms with Gasteiger partial charge in [0.05, 0.1) is 6.20 Å². The van der Waals surface area contributed by atoms with E-state index in [1.165, 1.54) is 0 Å². The van der Waals surface area contributed by atoms with Crippen LogP contribution in [0, 0.1) is 35.9 Å². The first kappa shape index (κ1) is 22.6. The van der Waals surface area contributed by atoms with Crippen LogP contribution in [0.2, 0.25) is 0 Å². The quantitative estimate of drug-likeness (QED) is 0.366. The molecule has 7 heteroatoms. The highest BCUT2D eigenvalue weighted by molar-refractivity contribution is 6.05. The van der Waals surface area contributed by atoms with E-state index in [2.05, 4.69) is 38.4 Å². The average molecular weight is 430 g/mol. The van der Waals surface area contributed by atoms with Gasteiger partial charge in [0, 0.05) is 23.2 Å². The van der Waals surface area contributed by atoms with Crippen molar-refractivity contribution in [2.24, 2.45) is 5.92 Å². The lowest BCUT2D eigenvalue weighted by Crippen LogP contribution is -2.30. The molecule has 0 amide bonds. The molecule has 1 unspecified atom stereocenters. The zero-order valence-electron chi connectivity index (χ0n) is 18.1. The fourth-order valence-corrected chi connectivity index (χ4v) is 2.98. The summed E-state index contributed by atoms with van der Waals surface area (Å²) < 4.78 is 19.9. The Morgan fingerprint density at radius 3 is 2.97 bits per heavy atom. The predicted molar refractivity (Wildman–Crippen MR) is 123 cm³/mol. The molecule has 6 nitrogen and oxygen atoms in total. The van der Waals surface area contributed by atoms with Crippen LogP contribution in [0.4, 0.5) is 21.8 Å². The van der Waals surface area contributed by atoms with E-state index in [0.717, 1.165) is 11.8 Å². The van der Waals surface area contributed by atoms with Crippen LogP contribution in [-0.2, 0) is 4.74 Å². The highest BCUT2D eigenvalue weighted by Gasteiger charge is 2.24. The number of benzene rings is 1. The number of anilines is 3. The second kappa shape index (κ2) is 10.3. The number of allylic oxidation sites excluding steroid dienone is 3. The maximum Gasteiger partial charge on any atom is 0.225 e. The number of carbonyl (C=O) groups is 1. The second-order valence-electron chi connectivity index (χ2n) is 7.42. The van der Waals surface area contributed by atoms with Crippen molar-refractivity contribution in [2.45, 2.75) is 26.8 Å². The Bertz CT molecular complexity index is 1180. The van der Waals surface area contributed by atoms with Gasteiger partial charge in [-0.05, 0) is 32.1 Å². The van der Waals surface area contributed by atoms with Gasteiger partial charge in [0.1, 0.15) is 18.4 Å². The minimum absolute atomic E-state index is 0.0231. The summed E-state index contributed by atoms with van der Waals surface area (Å²) in [6.07, 6.45) is 9.56. The van der Waals surface area contributed by atoms with E-state index < -0.39 is 5.82 Å². The minimum Gasteiger partial charge on any atom is -0.484 e. The average Bonchev–Trinajstić information content (AvgIpc) is 2.76. The molecule has 1 aliphatic carbocycles. The minimum atomic E-state index is -0.628. The van der Waals surface area contributed by atoms with Crippen LogP contribution in [-0.4, -0.2) is 28.4 Å². The van der Waals surface area contributed by atoms with Crippen LogP contribution < -0.4 is 10.6 Å². The number of nitrogens with zero attached hydrogens (tertiary/aromatic N) is 2. The van der Waals surface area contributed by atoms with Crippen LogP contribution in [0.25, 0.3) is 0 Å². The molecule has 0 saturated carbocycles. The van der Waals surface area contributed by atoms with Crippen LogP contribution >= 0.6 is 0 Å². The molecule has 2 atom stereocenters. The third-order valence-electron chi connectivity index (χ3n) is 4.58. The van der Waals surface area contributed by atoms with Gasteiger partial charge in [-0.2, -0.15) is 4.98 Å². The number of rotatable bonds is 8. The highest BCUT2D eigenvalue weighted by atomic mass is 19.1. The molecule has 32 heavy (non-hydrogen) atoms. The van der Waals surface area contributed by atoms with Crippen LogP contribution in [0.5, 0.6) is 0 Å². The molecule has 1 aromatic carbocycles.